The number of hydrogen-bond acceptors (Lipinski definition) is 10. The molecule has 3 heterocycles. The van der Waals surface area contributed by atoms with Gasteiger partial charge in [-0.1, -0.05) is 0 Å². The van der Waals surface area contributed by atoms with Gasteiger partial charge in [-0.2, -0.15) is 15.0 Å². The highest BCUT2D eigenvalue weighted by Crippen LogP contribution is 2.23. The maximum atomic E-state index is 6.17. The van der Waals surface area contributed by atoms with Gasteiger partial charge in [0.15, 0.2) is 0 Å². The molecule has 8 N–H and O–H groups in total. The van der Waals surface area contributed by atoms with Crippen molar-refractivity contribution in [2.45, 2.75) is 50.9 Å². The summed E-state index contributed by atoms with van der Waals surface area (Å²) in [6, 6.07) is 0.0656. The monoisotopic (exact) mass is 378 g/mol. The number of hydrogen-bond donors (Lipinski definition) is 4. The number of aromatic nitrogens is 3. The van der Waals surface area contributed by atoms with Crippen LogP contribution in [-0.2, 0) is 0 Å². The third-order valence-electron chi connectivity index (χ3n) is 5.24. The van der Waals surface area contributed by atoms with E-state index < -0.39 is 0 Å². The van der Waals surface area contributed by atoms with Gasteiger partial charge < -0.3 is 37.6 Å². The van der Waals surface area contributed by atoms with Gasteiger partial charge in [-0.25, -0.2) is 0 Å². The molecule has 0 radical (unpaired) electrons. The summed E-state index contributed by atoms with van der Waals surface area (Å²) in [7, 11) is 0. The summed E-state index contributed by atoms with van der Waals surface area (Å²) in [4.78, 5) is 20.5. The van der Waals surface area contributed by atoms with Crippen LogP contribution >= 0.6 is 0 Å². The van der Waals surface area contributed by atoms with Crippen molar-refractivity contribution in [3.05, 3.63) is 0 Å². The van der Waals surface area contributed by atoms with E-state index in [4.69, 9.17) is 37.9 Å². The molecule has 0 saturated carbocycles. The van der Waals surface area contributed by atoms with Crippen LogP contribution in [0.5, 0.6) is 0 Å². The van der Waals surface area contributed by atoms with Gasteiger partial charge in [0.05, 0.1) is 0 Å². The molecule has 3 rings (SSSR count). The first kappa shape index (κ1) is 20.0. The van der Waals surface area contributed by atoms with Gasteiger partial charge >= 0.3 is 0 Å². The van der Waals surface area contributed by atoms with E-state index in [9.17, 15) is 0 Å². The summed E-state index contributed by atoms with van der Waals surface area (Å²) in [5.41, 5.74) is 24.7. The molecule has 1 aromatic heterocycles. The first-order chi connectivity index (χ1) is 12.9. The summed E-state index contributed by atoms with van der Waals surface area (Å²) in [6.45, 7) is 8.57. The van der Waals surface area contributed by atoms with Crippen molar-refractivity contribution in [3.8, 4) is 0 Å². The highest BCUT2D eigenvalue weighted by Gasteiger charge is 2.29. The zero-order valence-electron chi connectivity index (χ0n) is 16.5. The van der Waals surface area contributed by atoms with Crippen LogP contribution in [0, 0.1) is 0 Å². The first-order valence-electron chi connectivity index (χ1n) is 9.92. The molecule has 152 valence electrons. The molecule has 0 bridgehead atoms. The van der Waals surface area contributed by atoms with Crippen molar-refractivity contribution in [2.24, 2.45) is 22.9 Å². The minimum atomic E-state index is 0.0164. The minimum absolute atomic E-state index is 0.0164. The Labute approximate surface area is 161 Å². The molecule has 10 heteroatoms. The fraction of sp³-hybridized carbons (Fsp3) is 0.824. The first-order valence-corrected chi connectivity index (χ1v) is 9.92. The van der Waals surface area contributed by atoms with Crippen LogP contribution in [0.15, 0.2) is 0 Å². The van der Waals surface area contributed by atoms with Crippen LogP contribution < -0.4 is 37.6 Å². The molecule has 0 aliphatic carbocycles. The zero-order valence-corrected chi connectivity index (χ0v) is 16.5. The Morgan fingerprint density at radius 1 is 0.741 bits per heavy atom. The fourth-order valence-electron chi connectivity index (χ4n) is 3.96. The molecule has 2 saturated heterocycles. The molecule has 0 aromatic carbocycles. The third kappa shape index (κ3) is 4.75. The van der Waals surface area contributed by atoms with E-state index in [1.165, 1.54) is 0 Å². The maximum Gasteiger partial charge on any atom is 0.232 e. The molecule has 0 spiro atoms. The molecule has 2 fully saturated rings. The number of rotatable bonds is 5. The Kier molecular flexibility index (Phi) is 6.30. The van der Waals surface area contributed by atoms with E-state index in [0.717, 1.165) is 25.9 Å². The van der Waals surface area contributed by atoms with E-state index in [1.807, 2.05) is 0 Å². The predicted octanol–water partition coefficient (Wildman–Crippen LogP) is -1.55. The minimum Gasteiger partial charge on any atom is -0.341 e. The molecule has 27 heavy (non-hydrogen) atoms. The fourth-order valence-corrected chi connectivity index (χ4v) is 3.96. The van der Waals surface area contributed by atoms with Gasteiger partial charge in [-0.3, -0.25) is 0 Å². The van der Waals surface area contributed by atoms with Gasteiger partial charge in [-0.15, -0.1) is 0 Å². The Morgan fingerprint density at radius 3 is 1.44 bits per heavy atom. The molecular weight excluding hydrogens is 344 g/mol. The lowest BCUT2D eigenvalue weighted by atomic mass is 10.0. The average Bonchev–Trinajstić information content (AvgIpc) is 2.61. The van der Waals surface area contributed by atoms with Crippen molar-refractivity contribution >= 4 is 17.8 Å². The van der Waals surface area contributed by atoms with E-state index >= 15 is 0 Å². The molecule has 0 unspecified atom stereocenters. The molecule has 2 aliphatic heterocycles. The van der Waals surface area contributed by atoms with Crippen LogP contribution in [0.4, 0.5) is 17.8 Å². The molecule has 1 aromatic rings. The Morgan fingerprint density at radius 2 is 1.11 bits per heavy atom. The molecular formula is C17H34N10. The van der Waals surface area contributed by atoms with Crippen molar-refractivity contribution in [3.63, 3.8) is 0 Å². The van der Waals surface area contributed by atoms with Crippen LogP contribution in [0.3, 0.4) is 0 Å². The maximum absolute atomic E-state index is 6.17. The third-order valence-corrected chi connectivity index (χ3v) is 5.24. The second-order valence-electron chi connectivity index (χ2n) is 7.73. The molecule has 0 amide bonds. The van der Waals surface area contributed by atoms with Crippen molar-refractivity contribution in [1.29, 1.82) is 0 Å². The molecule has 10 nitrogen and oxygen atoms in total. The lowest BCUT2D eigenvalue weighted by Gasteiger charge is -2.37. The number of piperidine rings is 2. The van der Waals surface area contributed by atoms with E-state index in [0.29, 0.717) is 44.0 Å². The van der Waals surface area contributed by atoms with Crippen molar-refractivity contribution < 1.29 is 0 Å². The standard InChI is InChI=1S/C17H34N10/c1-3-25(4-2)15-22-16(26-7-11(18)5-12(19)8-26)24-17(23-15)27-9-13(20)6-14(21)10-27/h11-14H,3-10,18-21H2,1-2H3/t11-,12+,13-,14+. The van der Waals surface area contributed by atoms with Gasteiger partial charge in [-0.05, 0) is 26.7 Å². The second-order valence-corrected chi connectivity index (χ2v) is 7.73. The van der Waals surface area contributed by atoms with E-state index in [2.05, 4.69) is 28.5 Å². The summed E-state index contributed by atoms with van der Waals surface area (Å²) in [6.07, 6.45) is 1.63. The highest BCUT2D eigenvalue weighted by molar-refractivity contribution is 5.47. The van der Waals surface area contributed by atoms with Gasteiger partial charge in [0, 0.05) is 63.4 Å². The van der Waals surface area contributed by atoms with Crippen molar-refractivity contribution in [1.82, 2.24) is 15.0 Å². The van der Waals surface area contributed by atoms with Crippen LogP contribution in [-0.4, -0.2) is 78.4 Å². The van der Waals surface area contributed by atoms with Crippen LogP contribution in [0.25, 0.3) is 0 Å². The summed E-state index contributed by atoms with van der Waals surface area (Å²) >= 11 is 0. The number of nitrogens with zero attached hydrogens (tertiary/aromatic N) is 6. The van der Waals surface area contributed by atoms with Crippen LogP contribution in [0.2, 0.25) is 0 Å². The number of nitrogens with two attached hydrogens (primary N) is 4. The zero-order chi connectivity index (χ0) is 19.6. The Balaban J connectivity index is 1.96. The van der Waals surface area contributed by atoms with Crippen molar-refractivity contribution in [2.75, 3.05) is 54.0 Å². The summed E-state index contributed by atoms with van der Waals surface area (Å²) in [5, 5.41) is 0. The smallest absolute Gasteiger partial charge is 0.232 e. The quantitative estimate of drug-likeness (QED) is 0.473. The molecule has 2 aliphatic rings. The largest absolute Gasteiger partial charge is 0.341 e. The van der Waals surface area contributed by atoms with Gasteiger partial charge in [0.25, 0.3) is 0 Å². The Hall–Kier alpha value is -1.75. The topological polar surface area (TPSA) is 152 Å². The van der Waals surface area contributed by atoms with Gasteiger partial charge in [0.1, 0.15) is 0 Å². The number of anilines is 3. The second kappa shape index (κ2) is 8.51. The summed E-state index contributed by atoms with van der Waals surface area (Å²) in [5.74, 6) is 1.92. The van der Waals surface area contributed by atoms with E-state index in [-0.39, 0.29) is 24.2 Å². The Bertz CT molecular complexity index is 557. The highest BCUT2D eigenvalue weighted by atomic mass is 15.4. The lowest BCUT2D eigenvalue weighted by Crippen LogP contribution is -2.54. The SMILES string of the molecule is CCN(CC)c1nc(N2C[C@H](N)C[C@H](N)C2)nc(N2C[C@H](N)C[C@H](N)C2)n1. The normalized spacial score (nSPS) is 29.1. The van der Waals surface area contributed by atoms with E-state index in [1.54, 1.807) is 0 Å². The average molecular weight is 379 g/mol. The molecule has 4 atom stereocenters. The summed E-state index contributed by atoms with van der Waals surface area (Å²) < 4.78 is 0. The predicted molar refractivity (Wildman–Crippen MR) is 109 cm³/mol. The van der Waals surface area contributed by atoms with Gasteiger partial charge in [0.2, 0.25) is 17.8 Å². The lowest BCUT2D eigenvalue weighted by molar-refractivity contribution is 0.441. The van der Waals surface area contributed by atoms with Crippen LogP contribution in [0.1, 0.15) is 26.7 Å².